The van der Waals surface area contributed by atoms with Gasteiger partial charge in [-0.25, -0.2) is 4.79 Å². The molecule has 1 aliphatic rings. The highest BCUT2D eigenvalue weighted by atomic mass is 79.9. The average molecular weight is 359 g/mol. The number of nitrogens with zero attached hydrogens (tertiary/aromatic N) is 2. The summed E-state index contributed by atoms with van der Waals surface area (Å²) in [6.07, 6.45) is -0.985. The number of rotatable bonds is 3. The highest BCUT2D eigenvalue weighted by molar-refractivity contribution is 9.10. The number of aliphatic carboxylic acids is 1. The molecule has 0 saturated carbocycles. The van der Waals surface area contributed by atoms with Crippen molar-refractivity contribution in [1.29, 1.82) is 0 Å². The molecule has 1 heterocycles. The molecule has 9 heteroatoms. The van der Waals surface area contributed by atoms with E-state index in [1.165, 1.54) is 18.2 Å². The fraction of sp³-hybridized carbons (Fsp3) is 0.333. The van der Waals surface area contributed by atoms with Gasteiger partial charge in [0.05, 0.1) is 16.6 Å². The second kappa shape index (κ2) is 5.78. The standard InChI is InChI=1S/C12H11BrN2O6/c13-10-7(2-1-3-8(10)15(20)21)11(17)14-5-6(16)4-9(14)12(18)19/h1-3,6,9,16H,4-5H2,(H,18,19)/t6-,9-/m0/s1. The second-order valence-corrected chi connectivity index (χ2v) is 5.39. The Labute approximate surface area is 127 Å². The summed E-state index contributed by atoms with van der Waals surface area (Å²) >= 11 is 3.00. The van der Waals surface area contributed by atoms with Crippen LogP contribution in [0.2, 0.25) is 0 Å². The first-order valence-corrected chi connectivity index (χ1v) is 6.77. The molecule has 0 unspecified atom stereocenters. The van der Waals surface area contributed by atoms with E-state index in [2.05, 4.69) is 15.9 Å². The molecule has 1 amide bonds. The third-order valence-corrected chi connectivity index (χ3v) is 4.06. The molecule has 0 aliphatic carbocycles. The van der Waals surface area contributed by atoms with E-state index in [-0.39, 0.29) is 28.7 Å². The average Bonchev–Trinajstić information content (AvgIpc) is 2.80. The number of carbonyl (C=O) groups is 2. The SMILES string of the molecule is O=C(O)[C@@H]1C[C@H](O)CN1C(=O)c1cccc([N+](=O)[O-])c1Br. The summed E-state index contributed by atoms with van der Waals surface area (Å²) in [4.78, 5) is 34.8. The number of nitro benzene ring substituents is 1. The van der Waals surface area contributed by atoms with Crippen molar-refractivity contribution >= 4 is 33.5 Å². The van der Waals surface area contributed by atoms with E-state index in [0.29, 0.717) is 0 Å². The second-order valence-electron chi connectivity index (χ2n) is 4.60. The number of carboxylic acids is 1. The van der Waals surface area contributed by atoms with Gasteiger partial charge in [0.1, 0.15) is 10.5 Å². The zero-order valence-corrected chi connectivity index (χ0v) is 12.2. The highest BCUT2D eigenvalue weighted by Crippen LogP contribution is 2.31. The molecule has 2 N–H and O–H groups in total. The van der Waals surface area contributed by atoms with Gasteiger partial charge in [-0.2, -0.15) is 0 Å². The van der Waals surface area contributed by atoms with Gasteiger partial charge in [0.25, 0.3) is 11.6 Å². The third-order valence-electron chi connectivity index (χ3n) is 3.23. The molecule has 0 spiro atoms. The summed E-state index contributed by atoms with van der Waals surface area (Å²) in [6.45, 7) is -0.120. The predicted molar refractivity (Wildman–Crippen MR) is 73.9 cm³/mol. The van der Waals surface area contributed by atoms with Crippen molar-refractivity contribution in [2.24, 2.45) is 0 Å². The Morgan fingerprint density at radius 1 is 1.43 bits per heavy atom. The number of nitro groups is 1. The van der Waals surface area contributed by atoms with Crippen LogP contribution >= 0.6 is 15.9 Å². The number of hydrogen-bond acceptors (Lipinski definition) is 5. The molecule has 0 radical (unpaired) electrons. The fourth-order valence-corrected chi connectivity index (χ4v) is 2.83. The number of halogens is 1. The minimum atomic E-state index is -1.22. The quantitative estimate of drug-likeness (QED) is 0.614. The maximum Gasteiger partial charge on any atom is 0.326 e. The third kappa shape index (κ3) is 2.88. The van der Waals surface area contributed by atoms with Gasteiger partial charge in [-0.1, -0.05) is 6.07 Å². The lowest BCUT2D eigenvalue weighted by Gasteiger charge is -2.21. The summed E-state index contributed by atoms with van der Waals surface area (Å²) in [5.74, 6) is -1.89. The van der Waals surface area contributed by atoms with Gasteiger partial charge < -0.3 is 15.1 Å². The van der Waals surface area contributed by atoms with Crippen LogP contribution in [-0.4, -0.2) is 50.6 Å². The number of benzene rings is 1. The van der Waals surface area contributed by atoms with Crippen molar-refractivity contribution in [3.05, 3.63) is 38.3 Å². The van der Waals surface area contributed by atoms with Crippen molar-refractivity contribution in [2.45, 2.75) is 18.6 Å². The normalized spacial score (nSPS) is 21.3. The summed E-state index contributed by atoms with van der Waals surface area (Å²) in [5.41, 5.74) is -0.294. The first kappa shape index (κ1) is 15.4. The van der Waals surface area contributed by atoms with Gasteiger partial charge in [-0.15, -0.1) is 0 Å². The Kier molecular flexibility index (Phi) is 4.24. The highest BCUT2D eigenvalue weighted by Gasteiger charge is 2.40. The number of likely N-dealkylation sites (tertiary alicyclic amines) is 1. The summed E-state index contributed by atoms with van der Waals surface area (Å²) in [6, 6.07) is 2.80. The molecule has 1 saturated heterocycles. The molecule has 1 fully saturated rings. The number of aliphatic hydroxyl groups excluding tert-OH is 1. The van der Waals surface area contributed by atoms with Crippen molar-refractivity contribution in [1.82, 2.24) is 4.90 Å². The van der Waals surface area contributed by atoms with E-state index < -0.39 is 28.9 Å². The van der Waals surface area contributed by atoms with Crippen LogP contribution in [0.1, 0.15) is 16.8 Å². The molecule has 0 bridgehead atoms. The van der Waals surface area contributed by atoms with Gasteiger partial charge in [0, 0.05) is 19.0 Å². The summed E-state index contributed by atoms with van der Waals surface area (Å²) < 4.78 is -0.00877. The first-order valence-electron chi connectivity index (χ1n) is 5.97. The number of amides is 1. The van der Waals surface area contributed by atoms with Crippen LogP contribution in [0.15, 0.2) is 22.7 Å². The van der Waals surface area contributed by atoms with Crippen LogP contribution < -0.4 is 0 Å². The Hall–Kier alpha value is -2.00. The number of hydrogen-bond donors (Lipinski definition) is 2. The van der Waals surface area contributed by atoms with Crippen LogP contribution in [0, 0.1) is 10.1 Å². The van der Waals surface area contributed by atoms with E-state index >= 15 is 0 Å². The minimum Gasteiger partial charge on any atom is -0.480 e. The molecule has 8 nitrogen and oxygen atoms in total. The molecular weight excluding hydrogens is 348 g/mol. The molecule has 2 atom stereocenters. The Morgan fingerprint density at radius 2 is 2.10 bits per heavy atom. The van der Waals surface area contributed by atoms with Crippen molar-refractivity contribution in [3.63, 3.8) is 0 Å². The van der Waals surface area contributed by atoms with E-state index in [9.17, 15) is 24.8 Å². The molecular formula is C12H11BrN2O6. The topological polar surface area (TPSA) is 121 Å². The molecule has 0 aromatic heterocycles. The van der Waals surface area contributed by atoms with E-state index in [1.807, 2.05) is 0 Å². The van der Waals surface area contributed by atoms with Gasteiger partial charge in [-0.05, 0) is 22.0 Å². The number of carboxylic acid groups (broad SMARTS) is 1. The lowest BCUT2D eigenvalue weighted by Crippen LogP contribution is -2.40. The van der Waals surface area contributed by atoms with Gasteiger partial charge >= 0.3 is 5.97 Å². The minimum absolute atomic E-state index is 0.00877. The molecule has 1 aromatic carbocycles. The lowest BCUT2D eigenvalue weighted by atomic mass is 10.1. The Morgan fingerprint density at radius 3 is 2.67 bits per heavy atom. The maximum atomic E-state index is 12.4. The van der Waals surface area contributed by atoms with Crippen molar-refractivity contribution in [3.8, 4) is 0 Å². The molecule has 112 valence electrons. The maximum absolute atomic E-state index is 12.4. The zero-order chi connectivity index (χ0) is 15.7. The van der Waals surface area contributed by atoms with Crippen molar-refractivity contribution in [2.75, 3.05) is 6.54 Å². The van der Waals surface area contributed by atoms with Gasteiger partial charge in [-0.3, -0.25) is 14.9 Å². The summed E-state index contributed by atoms with van der Waals surface area (Å²) in [5, 5.41) is 29.5. The Balaban J connectivity index is 2.38. The number of aliphatic hydroxyl groups is 1. The van der Waals surface area contributed by atoms with Crippen LogP contribution in [0.4, 0.5) is 5.69 Å². The molecule has 21 heavy (non-hydrogen) atoms. The molecule has 1 aromatic rings. The van der Waals surface area contributed by atoms with Crippen LogP contribution in [0.25, 0.3) is 0 Å². The van der Waals surface area contributed by atoms with E-state index in [4.69, 9.17) is 5.11 Å². The smallest absolute Gasteiger partial charge is 0.326 e. The number of β-amino-alcohol motifs (C(OH)–C–C–N with tert-alkyl or cyclic N) is 1. The fourth-order valence-electron chi connectivity index (χ4n) is 2.25. The van der Waals surface area contributed by atoms with Gasteiger partial charge in [0.2, 0.25) is 0 Å². The molecule has 1 aliphatic heterocycles. The lowest BCUT2D eigenvalue weighted by molar-refractivity contribution is -0.385. The van der Waals surface area contributed by atoms with E-state index in [1.54, 1.807) is 0 Å². The predicted octanol–water partition coefficient (Wildman–Crippen LogP) is 1.02. The zero-order valence-electron chi connectivity index (χ0n) is 10.6. The largest absolute Gasteiger partial charge is 0.480 e. The van der Waals surface area contributed by atoms with E-state index in [0.717, 1.165) is 4.90 Å². The Bertz CT molecular complexity index is 620. The monoisotopic (exact) mass is 358 g/mol. The van der Waals surface area contributed by atoms with Crippen molar-refractivity contribution < 1.29 is 24.7 Å². The van der Waals surface area contributed by atoms with Gasteiger partial charge in [0.15, 0.2) is 0 Å². The van der Waals surface area contributed by atoms with Crippen LogP contribution in [-0.2, 0) is 4.79 Å². The summed E-state index contributed by atoms with van der Waals surface area (Å²) in [7, 11) is 0. The van der Waals surface area contributed by atoms with Crippen LogP contribution in [0.3, 0.4) is 0 Å². The molecule has 2 rings (SSSR count). The first-order chi connectivity index (χ1) is 9.82. The number of carbonyl (C=O) groups excluding carboxylic acids is 1. The van der Waals surface area contributed by atoms with Crippen LogP contribution in [0.5, 0.6) is 0 Å².